The molecular weight excluding hydrogens is 313 g/mol. The Bertz CT molecular complexity index is 663. The highest BCUT2D eigenvalue weighted by Gasteiger charge is 2.27. The number of hydrogen-bond acceptors (Lipinski definition) is 4. The molecule has 0 saturated heterocycles. The van der Waals surface area contributed by atoms with Gasteiger partial charge in [-0.15, -0.1) is 0 Å². The van der Waals surface area contributed by atoms with E-state index in [1.165, 1.54) is 7.11 Å². The second-order valence-corrected chi connectivity index (χ2v) is 6.93. The standard InChI is InChI=1S/C17H22NO4P/c1-14(13-15-9-7-8-12-17(15)20-2)18-23(19,21-3)22-16-10-5-4-6-11-16/h4-12,14H,13H2,1-3H3,(H,18,19). The van der Waals surface area contributed by atoms with E-state index in [0.29, 0.717) is 12.2 Å². The third kappa shape index (κ3) is 5.10. The van der Waals surface area contributed by atoms with Gasteiger partial charge in [-0.3, -0.25) is 4.52 Å². The highest BCUT2D eigenvalue weighted by Crippen LogP contribution is 2.44. The van der Waals surface area contributed by atoms with Crippen LogP contribution in [0.2, 0.25) is 0 Å². The molecular formula is C17H22NO4P. The van der Waals surface area contributed by atoms with Gasteiger partial charge in [-0.05, 0) is 37.1 Å². The Labute approximate surface area is 137 Å². The van der Waals surface area contributed by atoms with Gasteiger partial charge in [0.05, 0.1) is 7.11 Å². The van der Waals surface area contributed by atoms with Crippen molar-refractivity contribution < 1.29 is 18.3 Å². The van der Waals surface area contributed by atoms with Crippen LogP contribution in [0.1, 0.15) is 12.5 Å². The van der Waals surface area contributed by atoms with Crippen molar-refractivity contribution in [3.8, 4) is 11.5 Å². The quantitative estimate of drug-likeness (QED) is 0.738. The summed E-state index contributed by atoms with van der Waals surface area (Å²) in [6, 6.07) is 16.6. The topological polar surface area (TPSA) is 56.8 Å². The fraction of sp³-hybridized carbons (Fsp3) is 0.294. The van der Waals surface area contributed by atoms with Gasteiger partial charge in [-0.2, -0.15) is 0 Å². The Hall–Kier alpha value is -1.81. The van der Waals surface area contributed by atoms with Crippen molar-refractivity contribution in [3.63, 3.8) is 0 Å². The van der Waals surface area contributed by atoms with Crippen molar-refractivity contribution >= 4 is 7.75 Å². The molecule has 6 heteroatoms. The number of hydrogen-bond donors (Lipinski definition) is 1. The normalized spacial score (nSPS) is 14.7. The van der Waals surface area contributed by atoms with Crippen molar-refractivity contribution in [2.24, 2.45) is 0 Å². The molecule has 1 N–H and O–H groups in total. The van der Waals surface area contributed by atoms with E-state index < -0.39 is 7.75 Å². The monoisotopic (exact) mass is 335 g/mol. The predicted octanol–water partition coefficient (Wildman–Crippen LogP) is 4.05. The zero-order valence-electron chi connectivity index (χ0n) is 13.6. The van der Waals surface area contributed by atoms with Gasteiger partial charge in [0.1, 0.15) is 11.5 Å². The average molecular weight is 335 g/mol. The van der Waals surface area contributed by atoms with E-state index in [-0.39, 0.29) is 6.04 Å². The molecule has 0 bridgehead atoms. The van der Waals surface area contributed by atoms with Crippen LogP contribution in [0.15, 0.2) is 54.6 Å². The number of para-hydroxylation sites is 2. The van der Waals surface area contributed by atoms with Gasteiger partial charge in [0.15, 0.2) is 0 Å². The first-order chi connectivity index (χ1) is 11.1. The molecule has 124 valence electrons. The van der Waals surface area contributed by atoms with Gasteiger partial charge >= 0.3 is 7.75 Å². The molecule has 0 aliphatic rings. The number of rotatable bonds is 8. The predicted molar refractivity (Wildman–Crippen MR) is 91.0 cm³/mol. The van der Waals surface area contributed by atoms with E-state index in [2.05, 4.69) is 5.09 Å². The molecule has 0 aliphatic heterocycles. The van der Waals surface area contributed by atoms with E-state index in [9.17, 15) is 4.57 Å². The van der Waals surface area contributed by atoms with Crippen LogP contribution in [0.4, 0.5) is 0 Å². The van der Waals surface area contributed by atoms with Crippen LogP contribution >= 0.6 is 7.75 Å². The first-order valence-electron chi connectivity index (χ1n) is 7.36. The average Bonchev–Trinajstić information content (AvgIpc) is 2.56. The molecule has 0 amide bonds. The molecule has 0 spiro atoms. The van der Waals surface area contributed by atoms with Crippen molar-refractivity contribution in [2.75, 3.05) is 14.2 Å². The Morgan fingerprint density at radius 3 is 2.35 bits per heavy atom. The molecule has 0 radical (unpaired) electrons. The van der Waals surface area contributed by atoms with Crippen LogP contribution in [0.25, 0.3) is 0 Å². The van der Waals surface area contributed by atoms with Gasteiger partial charge in [-0.1, -0.05) is 36.4 Å². The van der Waals surface area contributed by atoms with Gasteiger partial charge in [0, 0.05) is 13.2 Å². The smallest absolute Gasteiger partial charge is 0.458 e. The second-order valence-electron chi connectivity index (χ2n) is 5.13. The van der Waals surface area contributed by atoms with Gasteiger partial charge in [0.2, 0.25) is 0 Å². The summed E-state index contributed by atoms with van der Waals surface area (Å²) in [5.41, 5.74) is 1.03. The highest BCUT2D eigenvalue weighted by molar-refractivity contribution is 7.52. The van der Waals surface area contributed by atoms with Gasteiger partial charge in [-0.25, -0.2) is 9.65 Å². The number of ether oxygens (including phenoxy) is 1. The SMILES string of the molecule is COc1ccccc1CC(C)NP(=O)(OC)Oc1ccccc1. The number of nitrogens with one attached hydrogen (secondary N) is 1. The molecule has 2 unspecified atom stereocenters. The van der Waals surface area contributed by atoms with Crippen LogP contribution in [0.3, 0.4) is 0 Å². The molecule has 0 fully saturated rings. The molecule has 2 aromatic rings. The van der Waals surface area contributed by atoms with Crippen molar-refractivity contribution in [3.05, 3.63) is 60.2 Å². The Balaban J connectivity index is 2.04. The molecule has 2 rings (SSSR count). The lowest BCUT2D eigenvalue weighted by Gasteiger charge is -2.22. The van der Waals surface area contributed by atoms with E-state index in [4.69, 9.17) is 13.8 Å². The van der Waals surface area contributed by atoms with Crippen molar-refractivity contribution in [1.82, 2.24) is 5.09 Å². The number of benzene rings is 2. The summed E-state index contributed by atoms with van der Waals surface area (Å²) in [5, 5.41) is 2.95. The first kappa shape index (κ1) is 17.5. The minimum atomic E-state index is -3.43. The van der Waals surface area contributed by atoms with E-state index in [0.717, 1.165) is 11.3 Å². The maximum atomic E-state index is 12.7. The maximum absolute atomic E-state index is 12.7. The van der Waals surface area contributed by atoms with Crippen LogP contribution in [0, 0.1) is 0 Å². The fourth-order valence-corrected chi connectivity index (χ4v) is 3.52. The summed E-state index contributed by atoms with van der Waals surface area (Å²) in [4.78, 5) is 0. The summed E-state index contributed by atoms with van der Waals surface area (Å²) in [6.07, 6.45) is 0.634. The van der Waals surface area contributed by atoms with E-state index in [1.54, 1.807) is 19.2 Å². The summed E-state index contributed by atoms with van der Waals surface area (Å²) in [7, 11) is -0.428. The molecule has 0 aliphatic carbocycles. The lowest BCUT2D eigenvalue weighted by atomic mass is 10.1. The van der Waals surface area contributed by atoms with Crippen LogP contribution in [0.5, 0.6) is 11.5 Å². The molecule has 23 heavy (non-hydrogen) atoms. The third-order valence-corrected chi connectivity index (χ3v) is 5.00. The highest BCUT2D eigenvalue weighted by atomic mass is 31.2. The molecule has 2 aromatic carbocycles. The Morgan fingerprint density at radius 1 is 1.04 bits per heavy atom. The molecule has 5 nitrogen and oxygen atoms in total. The lowest BCUT2D eigenvalue weighted by Crippen LogP contribution is -2.28. The van der Waals surface area contributed by atoms with Crippen molar-refractivity contribution in [2.45, 2.75) is 19.4 Å². The maximum Gasteiger partial charge on any atom is 0.458 e. The largest absolute Gasteiger partial charge is 0.496 e. The Morgan fingerprint density at radius 2 is 1.70 bits per heavy atom. The summed E-state index contributed by atoms with van der Waals surface area (Å²) >= 11 is 0. The van der Waals surface area contributed by atoms with Crippen LogP contribution in [-0.2, 0) is 15.5 Å². The van der Waals surface area contributed by atoms with E-state index >= 15 is 0 Å². The third-order valence-electron chi connectivity index (χ3n) is 3.31. The summed E-state index contributed by atoms with van der Waals surface area (Å²) in [6.45, 7) is 1.92. The first-order valence-corrected chi connectivity index (χ1v) is 8.90. The molecule has 0 saturated carbocycles. The summed E-state index contributed by atoms with van der Waals surface area (Å²) < 4.78 is 28.7. The second kappa shape index (κ2) is 8.16. The fourth-order valence-electron chi connectivity index (χ4n) is 2.25. The number of methoxy groups -OCH3 is 1. The van der Waals surface area contributed by atoms with Crippen LogP contribution < -0.4 is 14.3 Å². The minimum absolute atomic E-state index is 0.124. The zero-order valence-corrected chi connectivity index (χ0v) is 14.5. The summed E-state index contributed by atoms with van der Waals surface area (Å²) in [5.74, 6) is 1.30. The van der Waals surface area contributed by atoms with Crippen LogP contribution in [-0.4, -0.2) is 20.3 Å². The van der Waals surface area contributed by atoms with E-state index in [1.807, 2.05) is 49.4 Å². The lowest BCUT2D eigenvalue weighted by molar-refractivity contribution is 0.303. The minimum Gasteiger partial charge on any atom is -0.496 e. The molecule has 0 heterocycles. The van der Waals surface area contributed by atoms with Crippen molar-refractivity contribution in [1.29, 1.82) is 0 Å². The molecule has 2 atom stereocenters. The Kier molecular flexibility index (Phi) is 6.22. The molecule has 0 aromatic heterocycles. The van der Waals surface area contributed by atoms with Gasteiger partial charge in [0.25, 0.3) is 0 Å². The van der Waals surface area contributed by atoms with Gasteiger partial charge < -0.3 is 9.26 Å². The zero-order chi connectivity index (χ0) is 16.7.